The predicted molar refractivity (Wildman–Crippen MR) is 121 cm³/mol. The molecule has 0 aliphatic carbocycles. The van der Waals surface area contributed by atoms with Gasteiger partial charge in [0.15, 0.2) is 17.5 Å². The Morgan fingerprint density at radius 3 is 2.78 bits per heavy atom. The summed E-state index contributed by atoms with van der Waals surface area (Å²) in [5.41, 5.74) is 15.1. The van der Waals surface area contributed by atoms with Crippen LogP contribution in [0.3, 0.4) is 0 Å². The molecule has 166 valence electrons. The number of nitrogens with zero attached hydrogens (tertiary/aromatic N) is 3. The van der Waals surface area contributed by atoms with Gasteiger partial charge >= 0.3 is 0 Å². The highest BCUT2D eigenvalue weighted by atomic mass is 19.1. The number of hydrogen-bond acceptors (Lipinski definition) is 9. The Morgan fingerprint density at radius 2 is 2.06 bits per heavy atom. The summed E-state index contributed by atoms with van der Waals surface area (Å²) in [5, 5.41) is 11.2. The number of fused-ring (bicyclic) bond motifs is 1. The van der Waals surface area contributed by atoms with Gasteiger partial charge in [0.2, 0.25) is 0 Å². The summed E-state index contributed by atoms with van der Waals surface area (Å²) in [7, 11) is 0. The number of anilines is 3. The van der Waals surface area contributed by atoms with Crippen LogP contribution in [0.15, 0.2) is 47.7 Å². The zero-order valence-corrected chi connectivity index (χ0v) is 17.6. The van der Waals surface area contributed by atoms with Crippen LogP contribution in [-0.2, 0) is 0 Å². The van der Waals surface area contributed by atoms with Crippen LogP contribution in [-0.4, -0.2) is 27.8 Å². The highest BCUT2D eigenvalue weighted by Gasteiger charge is 2.24. The molecular weight excluding hydrogens is 413 g/mol. The van der Waals surface area contributed by atoms with Crippen LogP contribution in [0.2, 0.25) is 0 Å². The van der Waals surface area contributed by atoms with Crippen LogP contribution in [0.1, 0.15) is 30.6 Å². The number of carbonyl (C=O) groups is 1. The van der Waals surface area contributed by atoms with Crippen LogP contribution >= 0.6 is 0 Å². The number of nitrogens with two attached hydrogens (primary N) is 1. The minimum Gasteiger partial charge on any atom is -0.365 e. The average molecular weight is 437 g/mol. The van der Waals surface area contributed by atoms with E-state index in [-0.39, 0.29) is 23.2 Å². The van der Waals surface area contributed by atoms with Crippen LogP contribution in [0, 0.1) is 11.7 Å². The standard InChI is InChI=1S/C21H24FN9O/c1-11(2)8-17(21-28-30-31-29-21)26-20-15(22)10-14(18(23)32)19(27-20)25-13-5-6-16-12(9-13)4-3-7-24-16/h3-7,9-11,17,30-31H,8H2,1-2H3,(H2,23,32)(H,28,29)(H2,25,26,27)/t17-/m1/s1. The molecule has 0 saturated heterocycles. The van der Waals surface area contributed by atoms with Gasteiger partial charge in [-0.15, -0.1) is 10.6 Å². The summed E-state index contributed by atoms with van der Waals surface area (Å²) in [6, 6.07) is 9.98. The van der Waals surface area contributed by atoms with Crippen molar-refractivity contribution in [3.05, 3.63) is 54.0 Å². The molecule has 1 aromatic carbocycles. The maximum absolute atomic E-state index is 14.9. The van der Waals surface area contributed by atoms with E-state index < -0.39 is 11.7 Å². The lowest BCUT2D eigenvalue weighted by molar-refractivity contribution is 0.100. The van der Waals surface area contributed by atoms with Crippen LogP contribution in [0.5, 0.6) is 0 Å². The predicted octanol–water partition coefficient (Wildman–Crippen LogP) is 2.36. The molecule has 2 aromatic heterocycles. The maximum atomic E-state index is 14.9. The Labute approximate surface area is 183 Å². The molecule has 4 rings (SSSR count). The second-order valence-corrected chi connectivity index (χ2v) is 7.80. The average Bonchev–Trinajstić information content (AvgIpc) is 3.29. The number of hydrazone groups is 1. The SMILES string of the molecule is CC(C)C[C@@H](Nc1nc(Nc2ccc3ncccc3c2)c(C(N)=O)cc1F)C1=NNNN1. The van der Waals surface area contributed by atoms with Gasteiger partial charge in [-0.05, 0) is 42.7 Å². The van der Waals surface area contributed by atoms with Gasteiger partial charge in [0.25, 0.3) is 5.91 Å². The molecule has 32 heavy (non-hydrogen) atoms. The van der Waals surface area contributed by atoms with Gasteiger partial charge in [0.05, 0.1) is 17.1 Å². The number of rotatable bonds is 8. The maximum Gasteiger partial charge on any atom is 0.252 e. The van der Waals surface area contributed by atoms with E-state index in [4.69, 9.17) is 5.73 Å². The molecule has 0 bridgehead atoms. The third-order valence-electron chi connectivity index (χ3n) is 4.88. The van der Waals surface area contributed by atoms with E-state index in [1.54, 1.807) is 12.3 Å². The van der Waals surface area contributed by atoms with E-state index in [2.05, 4.69) is 42.2 Å². The second-order valence-electron chi connectivity index (χ2n) is 7.80. The first-order chi connectivity index (χ1) is 15.4. The van der Waals surface area contributed by atoms with Crippen molar-refractivity contribution in [2.24, 2.45) is 16.8 Å². The van der Waals surface area contributed by atoms with E-state index in [0.717, 1.165) is 17.0 Å². The van der Waals surface area contributed by atoms with Crippen molar-refractivity contribution in [2.75, 3.05) is 10.6 Å². The molecule has 11 heteroatoms. The molecule has 0 spiro atoms. The molecule has 1 amide bonds. The first-order valence-corrected chi connectivity index (χ1v) is 10.1. The van der Waals surface area contributed by atoms with E-state index in [0.29, 0.717) is 23.9 Å². The number of halogens is 1. The van der Waals surface area contributed by atoms with Crippen LogP contribution < -0.4 is 32.9 Å². The number of benzene rings is 1. The van der Waals surface area contributed by atoms with Crippen molar-refractivity contribution in [1.82, 2.24) is 26.5 Å². The highest BCUT2D eigenvalue weighted by Crippen LogP contribution is 2.26. The molecule has 0 radical (unpaired) electrons. The molecule has 3 heterocycles. The molecule has 0 fully saturated rings. The number of carbonyl (C=O) groups excluding carboxylic acids is 1. The summed E-state index contributed by atoms with van der Waals surface area (Å²) in [6.45, 7) is 4.10. The number of primary amides is 1. The van der Waals surface area contributed by atoms with Gasteiger partial charge in [-0.25, -0.2) is 14.9 Å². The summed E-state index contributed by atoms with van der Waals surface area (Å²) < 4.78 is 14.9. The van der Waals surface area contributed by atoms with Gasteiger partial charge in [0.1, 0.15) is 5.82 Å². The normalized spacial score (nSPS) is 13.9. The summed E-state index contributed by atoms with van der Waals surface area (Å²) in [5.74, 6) is -0.500. The van der Waals surface area contributed by atoms with E-state index in [1.807, 2.05) is 38.1 Å². The molecule has 0 saturated carbocycles. The molecule has 1 aliphatic rings. The van der Waals surface area contributed by atoms with Crippen molar-refractivity contribution >= 4 is 40.0 Å². The molecule has 0 unspecified atom stereocenters. The topological polar surface area (TPSA) is 141 Å². The summed E-state index contributed by atoms with van der Waals surface area (Å²) >= 11 is 0. The molecule has 10 nitrogen and oxygen atoms in total. The van der Waals surface area contributed by atoms with Gasteiger partial charge in [-0.2, -0.15) is 0 Å². The fourth-order valence-electron chi connectivity index (χ4n) is 3.41. The number of amidine groups is 1. The van der Waals surface area contributed by atoms with Crippen molar-refractivity contribution in [3.8, 4) is 0 Å². The zero-order chi connectivity index (χ0) is 22.7. The Morgan fingerprint density at radius 1 is 1.22 bits per heavy atom. The lowest BCUT2D eigenvalue weighted by Crippen LogP contribution is -2.43. The molecule has 7 N–H and O–H groups in total. The monoisotopic (exact) mass is 437 g/mol. The van der Waals surface area contributed by atoms with Gasteiger partial charge in [-0.3, -0.25) is 15.2 Å². The number of amides is 1. The minimum absolute atomic E-state index is 0.0259. The number of nitrogens with one attached hydrogen (secondary N) is 5. The zero-order valence-electron chi connectivity index (χ0n) is 17.6. The summed E-state index contributed by atoms with van der Waals surface area (Å²) in [6.07, 6.45) is 2.37. The highest BCUT2D eigenvalue weighted by molar-refractivity contribution is 5.99. The minimum atomic E-state index is -0.790. The molecule has 1 atom stereocenters. The number of aromatic nitrogens is 2. The lowest BCUT2D eigenvalue weighted by atomic mass is 10.0. The molecule has 3 aromatic rings. The van der Waals surface area contributed by atoms with E-state index in [9.17, 15) is 9.18 Å². The first kappa shape index (κ1) is 21.2. The van der Waals surface area contributed by atoms with Crippen molar-refractivity contribution < 1.29 is 9.18 Å². The van der Waals surface area contributed by atoms with Gasteiger partial charge in [0, 0.05) is 17.3 Å². The quantitative estimate of drug-likeness (QED) is 0.315. The lowest BCUT2D eigenvalue weighted by Gasteiger charge is -2.22. The third kappa shape index (κ3) is 4.67. The number of hydrazine groups is 2. The van der Waals surface area contributed by atoms with Gasteiger partial charge < -0.3 is 16.4 Å². The fraction of sp³-hybridized carbons (Fsp3) is 0.238. The van der Waals surface area contributed by atoms with E-state index in [1.165, 1.54) is 0 Å². The van der Waals surface area contributed by atoms with Crippen molar-refractivity contribution in [2.45, 2.75) is 26.3 Å². The number of hydrogen-bond donors (Lipinski definition) is 6. The molecule has 1 aliphatic heterocycles. The Hall–Kier alpha value is -3.99. The second kappa shape index (κ2) is 9.02. The van der Waals surface area contributed by atoms with Gasteiger partial charge in [-0.1, -0.05) is 19.9 Å². The van der Waals surface area contributed by atoms with Crippen molar-refractivity contribution in [1.29, 1.82) is 0 Å². The first-order valence-electron chi connectivity index (χ1n) is 10.1. The summed E-state index contributed by atoms with van der Waals surface area (Å²) in [4.78, 5) is 20.6. The van der Waals surface area contributed by atoms with Crippen LogP contribution in [0.4, 0.5) is 21.7 Å². The number of pyridine rings is 2. The Balaban J connectivity index is 1.67. The van der Waals surface area contributed by atoms with Crippen LogP contribution in [0.25, 0.3) is 10.9 Å². The Kier molecular flexibility index (Phi) is 5.99. The smallest absolute Gasteiger partial charge is 0.252 e. The largest absolute Gasteiger partial charge is 0.365 e. The van der Waals surface area contributed by atoms with E-state index >= 15 is 0 Å². The Bertz CT molecular complexity index is 1180. The third-order valence-corrected chi connectivity index (χ3v) is 4.88. The molecular formula is C21H24FN9O. The fourth-order valence-corrected chi connectivity index (χ4v) is 3.41. The van der Waals surface area contributed by atoms with Crippen molar-refractivity contribution in [3.63, 3.8) is 0 Å².